The fourth-order valence-corrected chi connectivity index (χ4v) is 2.52. The van der Waals surface area contributed by atoms with Gasteiger partial charge in [-0.1, -0.05) is 17.7 Å². The Labute approximate surface area is 140 Å². The molecule has 2 N–H and O–H groups in total. The van der Waals surface area contributed by atoms with Crippen molar-refractivity contribution in [3.05, 3.63) is 69.1 Å². The summed E-state index contributed by atoms with van der Waals surface area (Å²) in [5, 5.41) is 23.2. The second-order valence-corrected chi connectivity index (χ2v) is 5.29. The van der Waals surface area contributed by atoms with Crippen LogP contribution in [0.25, 0.3) is 5.65 Å². The van der Waals surface area contributed by atoms with Crippen molar-refractivity contribution in [1.29, 1.82) is 0 Å². The van der Waals surface area contributed by atoms with Gasteiger partial charge in [-0.15, -0.1) is 0 Å². The molecule has 1 amide bonds. The molecule has 0 atom stereocenters. The quantitative estimate of drug-likeness (QED) is 0.557. The Morgan fingerprint density at radius 3 is 2.92 bits per heavy atom. The van der Waals surface area contributed by atoms with Gasteiger partial charge < -0.3 is 10.4 Å². The highest BCUT2D eigenvalue weighted by Gasteiger charge is 2.18. The minimum atomic E-state index is -0.577. The number of carbonyl (C=O) groups excluding carboxylic acids is 1. The Hall–Kier alpha value is -3.13. The molecule has 8 nitrogen and oxygen atoms in total. The number of pyridine rings is 1. The van der Waals surface area contributed by atoms with E-state index in [1.165, 1.54) is 22.6 Å². The maximum atomic E-state index is 12.4. The number of amides is 1. The minimum Gasteiger partial charge on any atom is -0.508 e. The van der Waals surface area contributed by atoms with E-state index in [1.807, 2.05) is 0 Å². The van der Waals surface area contributed by atoms with E-state index < -0.39 is 10.8 Å². The van der Waals surface area contributed by atoms with Crippen LogP contribution in [0.4, 0.5) is 5.69 Å². The fourth-order valence-electron chi connectivity index (χ4n) is 2.26. The van der Waals surface area contributed by atoms with Crippen LogP contribution in [0, 0.1) is 10.1 Å². The Kier molecular flexibility index (Phi) is 4.05. The van der Waals surface area contributed by atoms with Crippen molar-refractivity contribution < 1.29 is 14.8 Å². The number of aromatic hydroxyl groups is 1. The van der Waals surface area contributed by atoms with E-state index in [0.717, 1.165) is 0 Å². The monoisotopic (exact) mass is 346 g/mol. The van der Waals surface area contributed by atoms with E-state index in [9.17, 15) is 20.0 Å². The van der Waals surface area contributed by atoms with Crippen LogP contribution in [0.5, 0.6) is 5.75 Å². The van der Waals surface area contributed by atoms with Crippen molar-refractivity contribution in [1.82, 2.24) is 14.7 Å². The standard InChI is InChI=1S/C15H11ClN4O4/c16-14-13(19-6-2-1-3-12(19)18-14)15(22)17-8-9-7-10(20(23)24)4-5-11(9)21/h1-7,21H,8H2,(H,17,22). The van der Waals surface area contributed by atoms with E-state index in [-0.39, 0.29) is 34.4 Å². The minimum absolute atomic E-state index is 0.0435. The molecule has 0 aliphatic carbocycles. The molecule has 0 bridgehead atoms. The highest BCUT2D eigenvalue weighted by Crippen LogP contribution is 2.23. The first-order valence-corrected chi connectivity index (χ1v) is 7.22. The molecule has 9 heteroatoms. The van der Waals surface area contributed by atoms with Crippen LogP contribution in [0.2, 0.25) is 5.15 Å². The third kappa shape index (κ3) is 2.86. The molecule has 2 heterocycles. The van der Waals surface area contributed by atoms with E-state index in [4.69, 9.17) is 11.6 Å². The predicted octanol–water partition coefficient (Wildman–Crippen LogP) is 2.53. The van der Waals surface area contributed by atoms with Crippen LogP contribution in [0.15, 0.2) is 42.6 Å². The molecule has 0 spiro atoms. The van der Waals surface area contributed by atoms with Gasteiger partial charge in [0.1, 0.15) is 11.4 Å². The van der Waals surface area contributed by atoms with E-state index in [0.29, 0.717) is 5.65 Å². The lowest BCUT2D eigenvalue weighted by Crippen LogP contribution is -2.24. The summed E-state index contributed by atoms with van der Waals surface area (Å²) in [6.45, 7) is -0.0945. The molecular formula is C15H11ClN4O4. The lowest BCUT2D eigenvalue weighted by molar-refractivity contribution is -0.384. The largest absolute Gasteiger partial charge is 0.508 e. The summed E-state index contributed by atoms with van der Waals surface area (Å²) in [6.07, 6.45) is 1.65. The number of imidazole rings is 1. The topological polar surface area (TPSA) is 110 Å². The first-order chi connectivity index (χ1) is 11.5. The summed E-state index contributed by atoms with van der Waals surface area (Å²) < 4.78 is 1.53. The fraction of sp³-hybridized carbons (Fsp3) is 0.0667. The average Bonchev–Trinajstić information content (AvgIpc) is 2.89. The molecule has 0 saturated heterocycles. The predicted molar refractivity (Wildman–Crippen MR) is 86.1 cm³/mol. The van der Waals surface area contributed by atoms with Gasteiger partial charge >= 0.3 is 0 Å². The van der Waals surface area contributed by atoms with E-state index in [1.54, 1.807) is 24.4 Å². The molecule has 0 saturated carbocycles. The maximum absolute atomic E-state index is 12.4. The van der Waals surface area contributed by atoms with Gasteiger partial charge in [-0.3, -0.25) is 19.3 Å². The average molecular weight is 347 g/mol. The van der Waals surface area contributed by atoms with Gasteiger partial charge in [0, 0.05) is 30.4 Å². The first-order valence-electron chi connectivity index (χ1n) is 6.84. The number of non-ortho nitro benzene ring substituents is 1. The molecule has 3 rings (SSSR count). The molecule has 2 aromatic heterocycles. The smallest absolute Gasteiger partial charge is 0.271 e. The molecule has 0 fully saturated rings. The number of phenolic OH excluding ortho intramolecular Hbond substituents is 1. The summed E-state index contributed by atoms with van der Waals surface area (Å²) in [5.74, 6) is -0.658. The summed E-state index contributed by atoms with van der Waals surface area (Å²) >= 11 is 6.01. The highest BCUT2D eigenvalue weighted by molar-refractivity contribution is 6.32. The first kappa shape index (κ1) is 15.8. The molecule has 122 valence electrons. The van der Waals surface area contributed by atoms with Gasteiger partial charge in [0.25, 0.3) is 11.6 Å². The van der Waals surface area contributed by atoms with Gasteiger partial charge in [-0.05, 0) is 18.2 Å². The molecule has 0 radical (unpaired) electrons. The molecule has 0 unspecified atom stereocenters. The molecule has 0 aliphatic rings. The molecule has 0 aliphatic heterocycles. The number of nitrogens with one attached hydrogen (secondary N) is 1. The maximum Gasteiger partial charge on any atom is 0.271 e. The van der Waals surface area contributed by atoms with Crippen LogP contribution < -0.4 is 5.32 Å². The third-order valence-corrected chi connectivity index (χ3v) is 3.68. The van der Waals surface area contributed by atoms with Crippen LogP contribution >= 0.6 is 11.6 Å². The Bertz CT molecular complexity index is 954. The molecule has 3 aromatic rings. The van der Waals surface area contributed by atoms with Crippen LogP contribution in [-0.4, -0.2) is 25.3 Å². The van der Waals surface area contributed by atoms with Gasteiger partial charge in [-0.2, -0.15) is 0 Å². The number of benzene rings is 1. The zero-order chi connectivity index (χ0) is 17.3. The number of phenols is 1. The summed E-state index contributed by atoms with van der Waals surface area (Å²) in [4.78, 5) is 26.7. The highest BCUT2D eigenvalue weighted by atomic mass is 35.5. The molecule has 1 aromatic carbocycles. The number of nitro groups is 1. The van der Waals surface area contributed by atoms with Crippen LogP contribution in [0.1, 0.15) is 16.1 Å². The Balaban J connectivity index is 1.84. The van der Waals surface area contributed by atoms with Gasteiger partial charge in [-0.25, -0.2) is 4.98 Å². The summed E-state index contributed by atoms with van der Waals surface area (Å²) in [5.41, 5.74) is 0.718. The molecular weight excluding hydrogens is 336 g/mol. The van der Waals surface area contributed by atoms with Gasteiger partial charge in [0.05, 0.1) is 4.92 Å². The van der Waals surface area contributed by atoms with Crippen molar-refractivity contribution >= 4 is 28.8 Å². The number of rotatable bonds is 4. The normalized spacial score (nSPS) is 10.7. The number of nitro benzene ring substituents is 1. The molecule has 24 heavy (non-hydrogen) atoms. The number of hydrogen-bond acceptors (Lipinski definition) is 5. The van der Waals surface area contributed by atoms with Crippen LogP contribution in [-0.2, 0) is 6.54 Å². The zero-order valence-electron chi connectivity index (χ0n) is 12.1. The Morgan fingerprint density at radius 2 is 2.17 bits per heavy atom. The third-order valence-electron chi connectivity index (χ3n) is 3.42. The van der Waals surface area contributed by atoms with Gasteiger partial charge in [0.2, 0.25) is 0 Å². The number of hydrogen-bond donors (Lipinski definition) is 2. The second-order valence-electron chi connectivity index (χ2n) is 4.93. The number of aromatic nitrogens is 2. The van der Waals surface area contributed by atoms with Crippen LogP contribution in [0.3, 0.4) is 0 Å². The Morgan fingerprint density at radius 1 is 1.38 bits per heavy atom. The van der Waals surface area contributed by atoms with E-state index >= 15 is 0 Å². The second kappa shape index (κ2) is 6.17. The van der Waals surface area contributed by atoms with Crippen molar-refractivity contribution in [3.8, 4) is 5.75 Å². The zero-order valence-corrected chi connectivity index (χ0v) is 12.9. The van der Waals surface area contributed by atoms with E-state index in [2.05, 4.69) is 10.3 Å². The van der Waals surface area contributed by atoms with Crippen molar-refractivity contribution in [2.75, 3.05) is 0 Å². The number of halogens is 1. The van der Waals surface area contributed by atoms with Crippen molar-refractivity contribution in [2.24, 2.45) is 0 Å². The van der Waals surface area contributed by atoms with Gasteiger partial charge in [0.15, 0.2) is 10.8 Å². The van der Waals surface area contributed by atoms with Crippen molar-refractivity contribution in [2.45, 2.75) is 6.54 Å². The lowest BCUT2D eigenvalue weighted by Gasteiger charge is -2.07. The number of fused-ring (bicyclic) bond motifs is 1. The summed E-state index contributed by atoms with van der Waals surface area (Å²) in [7, 11) is 0. The SMILES string of the molecule is O=C(NCc1cc([N+](=O)[O-])ccc1O)c1c(Cl)nc2ccccn12. The van der Waals surface area contributed by atoms with Crippen molar-refractivity contribution in [3.63, 3.8) is 0 Å². The summed E-state index contributed by atoms with van der Waals surface area (Å²) in [6, 6.07) is 8.79. The number of nitrogens with zero attached hydrogens (tertiary/aromatic N) is 3. The lowest BCUT2D eigenvalue weighted by atomic mass is 10.1. The number of carbonyl (C=O) groups is 1.